The van der Waals surface area contributed by atoms with Gasteiger partial charge < -0.3 is 15.5 Å². The van der Waals surface area contributed by atoms with Gasteiger partial charge >= 0.3 is 0 Å². The van der Waals surface area contributed by atoms with Crippen molar-refractivity contribution in [1.29, 1.82) is 0 Å². The predicted molar refractivity (Wildman–Crippen MR) is 85.4 cm³/mol. The van der Waals surface area contributed by atoms with Crippen LogP contribution in [0.25, 0.3) is 0 Å². The Morgan fingerprint density at radius 2 is 2.09 bits per heavy atom. The Hall–Kier alpha value is -1.43. The van der Waals surface area contributed by atoms with Crippen molar-refractivity contribution in [3.8, 4) is 0 Å². The second-order valence-electron chi connectivity index (χ2n) is 5.79. The number of aliphatic hydroxyl groups is 2. The Balaban J connectivity index is 1.95. The lowest BCUT2D eigenvalue weighted by atomic mass is 10.1. The molecule has 1 aliphatic rings. The first kappa shape index (κ1) is 16.9. The number of hydrogen-bond donors (Lipinski definition) is 3. The summed E-state index contributed by atoms with van der Waals surface area (Å²) < 4.78 is 0. The van der Waals surface area contributed by atoms with Crippen LogP contribution in [0.1, 0.15) is 25.3 Å². The molecule has 0 unspecified atom stereocenters. The molecule has 0 aromatic heterocycles. The molecule has 0 saturated carbocycles. The SMILES string of the molecule is CCNC(=O)[C@H]1C[C@H](O)[C@@H](CO)N1CCCc1ccccc1. The number of amides is 1. The predicted octanol–water partition coefficient (Wildman–Crippen LogP) is 0.551. The van der Waals surface area contributed by atoms with Crippen molar-refractivity contribution >= 4 is 5.91 Å². The van der Waals surface area contributed by atoms with Crippen LogP contribution < -0.4 is 5.32 Å². The Morgan fingerprint density at radius 1 is 1.36 bits per heavy atom. The van der Waals surface area contributed by atoms with Crippen molar-refractivity contribution in [1.82, 2.24) is 10.2 Å². The molecule has 3 atom stereocenters. The summed E-state index contributed by atoms with van der Waals surface area (Å²) in [6, 6.07) is 9.51. The molecule has 122 valence electrons. The second kappa shape index (κ2) is 8.27. The highest BCUT2D eigenvalue weighted by atomic mass is 16.3. The molecular weight excluding hydrogens is 280 g/mol. The third-order valence-electron chi connectivity index (χ3n) is 4.30. The van der Waals surface area contributed by atoms with Crippen LogP contribution in [0.5, 0.6) is 0 Å². The molecule has 1 saturated heterocycles. The largest absolute Gasteiger partial charge is 0.395 e. The Bertz CT molecular complexity index is 466. The van der Waals surface area contributed by atoms with E-state index >= 15 is 0 Å². The van der Waals surface area contributed by atoms with Gasteiger partial charge in [0, 0.05) is 6.54 Å². The number of nitrogens with one attached hydrogen (secondary N) is 1. The summed E-state index contributed by atoms with van der Waals surface area (Å²) in [4.78, 5) is 14.1. The van der Waals surface area contributed by atoms with Crippen molar-refractivity contribution in [3.63, 3.8) is 0 Å². The maximum Gasteiger partial charge on any atom is 0.237 e. The van der Waals surface area contributed by atoms with Crippen molar-refractivity contribution in [2.45, 2.75) is 44.4 Å². The highest BCUT2D eigenvalue weighted by Crippen LogP contribution is 2.25. The smallest absolute Gasteiger partial charge is 0.237 e. The van der Waals surface area contributed by atoms with Crippen molar-refractivity contribution in [2.24, 2.45) is 0 Å². The van der Waals surface area contributed by atoms with Gasteiger partial charge in [0.05, 0.1) is 24.8 Å². The lowest BCUT2D eigenvalue weighted by Gasteiger charge is -2.28. The third-order valence-corrected chi connectivity index (χ3v) is 4.30. The third kappa shape index (κ3) is 4.06. The molecule has 1 fully saturated rings. The van der Waals surface area contributed by atoms with E-state index in [0.29, 0.717) is 19.5 Å². The summed E-state index contributed by atoms with van der Waals surface area (Å²) in [6.07, 6.45) is 1.56. The summed E-state index contributed by atoms with van der Waals surface area (Å²) in [5.41, 5.74) is 1.26. The number of carbonyl (C=O) groups is 1. The van der Waals surface area contributed by atoms with Gasteiger partial charge in [-0.05, 0) is 38.3 Å². The molecule has 1 aromatic carbocycles. The van der Waals surface area contributed by atoms with Gasteiger partial charge in [-0.15, -0.1) is 0 Å². The fourth-order valence-corrected chi connectivity index (χ4v) is 3.18. The molecule has 5 heteroatoms. The Kier molecular flexibility index (Phi) is 6.36. The minimum atomic E-state index is -0.644. The minimum Gasteiger partial charge on any atom is -0.395 e. The van der Waals surface area contributed by atoms with Gasteiger partial charge in [0.15, 0.2) is 0 Å². The van der Waals surface area contributed by atoms with Gasteiger partial charge in [0.25, 0.3) is 0 Å². The van der Waals surface area contributed by atoms with E-state index < -0.39 is 6.10 Å². The van der Waals surface area contributed by atoms with Gasteiger partial charge in [0.2, 0.25) is 5.91 Å². The first-order valence-corrected chi connectivity index (χ1v) is 8.03. The molecule has 5 nitrogen and oxygen atoms in total. The fourth-order valence-electron chi connectivity index (χ4n) is 3.18. The monoisotopic (exact) mass is 306 g/mol. The van der Waals surface area contributed by atoms with E-state index in [4.69, 9.17) is 0 Å². The molecule has 0 bridgehead atoms. The number of benzene rings is 1. The number of rotatable bonds is 7. The van der Waals surface area contributed by atoms with Crippen molar-refractivity contribution in [3.05, 3.63) is 35.9 Å². The van der Waals surface area contributed by atoms with E-state index in [1.807, 2.05) is 30.0 Å². The van der Waals surface area contributed by atoms with Crippen LogP contribution in [0.15, 0.2) is 30.3 Å². The molecule has 0 spiro atoms. The van der Waals surface area contributed by atoms with Crippen LogP contribution in [0, 0.1) is 0 Å². The first-order valence-electron chi connectivity index (χ1n) is 8.03. The van der Waals surface area contributed by atoms with E-state index in [1.54, 1.807) is 0 Å². The average Bonchev–Trinajstić information content (AvgIpc) is 2.84. The maximum absolute atomic E-state index is 12.2. The van der Waals surface area contributed by atoms with E-state index in [2.05, 4.69) is 17.4 Å². The zero-order chi connectivity index (χ0) is 15.9. The molecule has 2 rings (SSSR count). The van der Waals surface area contributed by atoms with E-state index in [0.717, 1.165) is 12.8 Å². The molecular formula is C17H26N2O3. The molecule has 1 aromatic rings. The number of nitrogens with zero attached hydrogens (tertiary/aromatic N) is 1. The van der Waals surface area contributed by atoms with Crippen LogP contribution in [0.2, 0.25) is 0 Å². The number of aryl methyl sites for hydroxylation is 1. The highest BCUT2D eigenvalue weighted by molar-refractivity contribution is 5.82. The van der Waals surface area contributed by atoms with E-state index in [1.165, 1.54) is 5.56 Å². The lowest BCUT2D eigenvalue weighted by molar-refractivity contribution is -0.126. The van der Waals surface area contributed by atoms with Gasteiger partial charge in [-0.25, -0.2) is 0 Å². The van der Waals surface area contributed by atoms with Gasteiger partial charge in [0.1, 0.15) is 0 Å². The van der Waals surface area contributed by atoms with Crippen LogP contribution in [0.4, 0.5) is 0 Å². The van der Waals surface area contributed by atoms with Crippen molar-refractivity contribution in [2.75, 3.05) is 19.7 Å². The van der Waals surface area contributed by atoms with Crippen LogP contribution in [-0.4, -0.2) is 58.9 Å². The second-order valence-corrected chi connectivity index (χ2v) is 5.79. The summed E-state index contributed by atoms with van der Waals surface area (Å²) in [7, 11) is 0. The molecule has 1 amide bonds. The number of carbonyl (C=O) groups excluding carboxylic acids is 1. The average molecular weight is 306 g/mol. The van der Waals surface area contributed by atoms with Gasteiger partial charge in [-0.2, -0.15) is 0 Å². The highest BCUT2D eigenvalue weighted by Gasteiger charge is 2.42. The Labute approximate surface area is 131 Å². The van der Waals surface area contributed by atoms with Crippen LogP contribution in [-0.2, 0) is 11.2 Å². The summed E-state index contributed by atoms with van der Waals surface area (Å²) in [5, 5.41) is 22.4. The van der Waals surface area contributed by atoms with Gasteiger partial charge in [-0.1, -0.05) is 30.3 Å². The molecule has 1 aliphatic heterocycles. The molecule has 0 aliphatic carbocycles. The first-order chi connectivity index (χ1) is 10.7. The van der Waals surface area contributed by atoms with E-state index in [-0.39, 0.29) is 24.6 Å². The number of likely N-dealkylation sites (N-methyl/N-ethyl adjacent to an activating group) is 1. The summed E-state index contributed by atoms with van der Waals surface area (Å²) in [6.45, 7) is 3.03. The molecule has 3 N–H and O–H groups in total. The number of aliphatic hydroxyl groups excluding tert-OH is 2. The fraction of sp³-hybridized carbons (Fsp3) is 0.588. The minimum absolute atomic E-state index is 0.0581. The lowest BCUT2D eigenvalue weighted by Crippen LogP contribution is -2.48. The molecule has 0 radical (unpaired) electrons. The molecule has 22 heavy (non-hydrogen) atoms. The maximum atomic E-state index is 12.2. The number of likely N-dealkylation sites (tertiary alicyclic amines) is 1. The Morgan fingerprint density at radius 3 is 2.73 bits per heavy atom. The standard InChI is InChI=1S/C17H26N2O3/c1-2-18-17(22)14-11-16(21)15(12-20)19(14)10-6-9-13-7-4-3-5-8-13/h3-5,7-8,14-16,20-21H,2,6,9-12H2,1H3,(H,18,22)/t14-,15-,16+/m1/s1. The topological polar surface area (TPSA) is 72.8 Å². The van der Waals surface area contributed by atoms with Crippen LogP contribution >= 0.6 is 0 Å². The molecule has 1 heterocycles. The zero-order valence-corrected chi connectivity index (χ0v) is 13.1. The zero-order valence-electron chi connectivity index (χ0n) is 13.1. The van der Waals surface area contributed by atoms with E-state index in [9.17, 15) is 15.0 Å². The van der Waals surface area contributed by atoms with Gasteiger partial charge in [-0.3, -0.25) is 9.69 Å². The quantitative estimate of drug-likeness (QED) is 0.688. The number of hydrogen-bond acceptors (Lipinski definition) is 4. The summed E-state index contributed by atoms with van der Waals surface area (Å²) >= 11 is 0. The normalized spacial score (nSPS) is 25.3. The summed E-state index contributed by atoms with van der Waals surface area (Å²) in [5.74, 6) is -0.0581. The van der Waals surface area contributed by atoms with Crippen LogP contribution in [0.3, 0.4) is 0 Å². The van der Waals surface area contributed by atoms with Crippen molar-refractivity contribution < 1.29 is 15.0 Å².